The molecule has 0 amide bonds. The summed E-state index contributed by atoms with van der Waals surface area (Å²) >= 11 is 4.62. The van der Waals surface area contributed by atoms with Crippen molar-refractivity contribution >= 4 is 23.7 Å². The molecule has 0 atom stereocenters. The van der Waals surface area contributed by atoms with Crippen molar-refractivity contribution in [3.05, 3.63) is 40.8 Å². The molecule has 4 heteroatoms. The maximum Gasteiger partial charge on any atom is 0.269 e. The van der Waals surface area contributed by atoms with Crippen molar-refractivity contribution in [1.82, 2.24) is 9.55 Å². The van der Waals surface area contributed by atoms with E-state index in [-0.39, 0.29) is 11.0 Å². The number of rotatable bonds is 3. The molecular weight excluding hydrogens is 280 g/mol. The zero-order valence-electron chi connectivity index (χ0n) is 12.3. The minimum atomic E-state index is -0.000828. The lowest BCUT2D eigenvalue weighted by molar-refractivity contribution is 0.241. The fourth-order valence-electron chi connectivity index (χ4n) is 3.46. The van der Waals surface area contributed by atoms with Crippen molar-refractivity contribution in [2.75, 3.05) is 5.75 Å². The molecule has 0 bridgehead atoms. The van der Waals surface area contributed by atoms with Gasteiger partial charge in [-0.25, -0.2) is 4.98 Å². The van der Waals surface area contributed by atoms with Gasteiger partial charge in [0.2, 0.25) is 0 Å². The maximum absolute atomic E-state index is 12.3. The van der Waals surface area contributed by atoms with E-state index in [0.717, 1.165) is 23.3 Å². The zero-order chi connectivity index (χ0) is 14.7. The van der Waals surface area contributed by atoms with Crippen molar-refractivity contribution in [2.45, 2.75) is 45.1 Å². The Morgan fingerprint density at radius 1 is 1.14 bits per heavy atom. The van der Waals surface area contributed by atoms with E-state index >= 15 is 0 Å². The number of fused-ring (bicyclic) bond motifs is 1. The van der Waals surface area contributed by atoms with E-state index in [1.807, 2.05) is 28.8 Å². The van der Waals surface area contributed by atoms with Crippen molar-refractivity contribution in [2.24, 2.45) is 5.41 Å². The molecule has 3 rings (SSSR count). The van der Waals surface area contributed by atoms with Crippen LogP contribution in [-0.2, 0) is 6.54 Å². The topological polar surface area (TPSA) is 34.9 Å². The molecule has 0 radical (unpaired) electrons. The normalized spacial score (nSPS) is 18.5. The molecule has 112 valence electrons. The van der Waals surface area contributed by atoms with E-state index in [0.29, 0.717) is 0 Å². The average molecular weight is 302 g/mol. The third-order valence-corrected chi connectivity index (χ3v) is 5.42. The number of hydrogen-bond acceptors (Lipinski definition) is 3. The quantitative estimate of drug-likeness (QED) is 0.693. The number of para-hydroxylation sites is 2. The summed E-state index contributed by atoms with van der Waals surface area (Å²) in [5.74, 6) is 0.843. The second-order valence-corrected chi connectivity index (χ2v) is 6.56. The van der Waals surface area contributed by atoms with Crippen LogP contribution in [0.5, 0.6) is 0 Å². The predicted octanol–water partition coefficient (Wildman–Crippen LogP) is 3.67. The van der Waals surface area contributed by atoms with Gasteiger partial charge in [-0.3, -0.25) is 4.79 Å². The van der Waals surface area contributed by atoms with E-state index in [1.165, 1.54) is 44.7 Å². The van der Waals surface area contributed by atoms with Gasteiger partial charge in [-0.05, 0) is 36.1 Å². The number of aromatic nitrogens is 2. The maximum atomic E-state index is 12.3. The van der Waals surface area contributed by atoms with Gasteiger partial charge in [0, 0.05) is 6.54 Å². The van der Waals surface area contributed by atoms with Crippen LogP contribution in [0.15, 0.2) is 35.3 Å². The van der Waals surface area contributed by atoms with Crippen molar-refractivity contribution in [3.63, 3.8) is 0 Å². The highest BCUT2D eigenvalue weighted by Crippen LogP contribution is 2.37. The molecule has 0 aliphatic heterocycles. The lowest BCUT2D eigenvalue weighted by atomic mass is 9.82. The second kappa shape index (κ2) is 6.22. The Morgan fingerprint density at radius 3 is 2.57 bits per heavy atom. The molecule has 3 nitrogen and oxygen atoms in total. The Hall–Kier alpha value is -1.29. The molecule has 0 N–H and O–H groups in total. The van der Waals surface area contributed by atoms with Crippen LogP contribution in [0.3, 0.4) is 0 Å². The Bertz CT molecular complexity index is 672. The minimum absolute atomic E-state index is 0.000828. The smallest absolute Gasteiger partial charge is 0.269 e. The predicted molar refractivity (Wildman–Crippen MR) is 90.0 cm³/mol. The van der Waals surface area contributed by atoms with Gasteiger partial charge in [-0.2, -0.15) is 12.6 Å². The van der Waals surface area contributed by atoms with Crippen LogP contribution in [-0.4, -0.2) is 15.3 Å². The van der Waals surface area contributed by atoms with E-state index in [2.05, 4.69) is 17.6 Å². The Morgan fingerprint density at radius 2 is 1.86 bits per heavy atom. The molecule has 0 saturated heterocycles. The molecule has 21 heavy (non-hydrogen) atoms. The summed E-state index contributed by atoms with van der Waals surface area (Å²) in [5.41, 5.74) is 1.97. The fourth-order valence-corrected chi connectivity index (χ4v) is 3.87. The lowest BCUT2D eigenvalue weighted by Gasteiger charge is -2.32. The molecule has 1 saturated carbocycles. The number of nitrogens with zero attached hydrogens (tertiary/aromatic N) is 2. The largest absolute Gasteiger partial charge is 0.305 e. The standard InChI is InChI=1S/C17H22N2OS/c20-16-11-18-14-7-3-4-8-15(14)19(16)12-17(13-21)9-5-1-2-6-10-17/h3-4,7-8,11,21H,1-2,5-6,9-10,12-13H2. The molecule has 1 aliphatic carbocycles. The SMILES string of the molecule is O=c1cnc2ccccc2n1CC1(CS)CCCCCC1. The van der Waals surface area contributed by atoms with Gasteiger partial charge in [0.15, 0.2) is 0 Å². The summed E-state index contributed by atoms with van der Waals surface area (Å²) in [6.45, 7) is 0.762. The van der Waals surface area contributed by atoms with Gasteiger partial charge in [0.25, 0.3) is 5.56 Å². The van der Waals surface area contributed by atoms with Crippen LogP contribution in [0.4, 0.5) is 0 Å². The first-order valence-corrected chi connectivity index (χ1v) is 8.43. The Labute approximate surface area is 130 Å². The molecule has 0 spiro atoms. The van der Waals surface area contributed by atoms with Crippen molar-refractivity contribution in [1.29, 1.82) is 0 Å². The van der Waals surface area contributed by atoms with Crippen LogP contribution in [0.1, 0.15) is 38.5 Å². The van der Waals surface area contributed by atoms with Crippen LogP contribution in [0.25, 0.3) is 11.0 Å². The molecule has 2 aromatic rings. The van der Waals surface area contributed by atoms with Crippen LogP contribution in [0, 0.1) is 5.41 Å². The summed E-state index contributed by atoms with van der Waals surface area (Å²) in [5, 5.41) is 0. The summed E-state index contributed by atoms with van der Waals surface area (Å²) in [6, 6.07) is 7.89. The number of benzene rings is 1. The highest BCUT2D eigenvalue weighted by atomic mass is 32.1. The van der Waals surface area contributed by atoms with E-state index in [9.17, 15) is 4.79 Å². The van der Waals surface area contributed by atoms with E-state index in [1.54, 1.807) is 0 Å². The minimum Gasteiger partial charge on any atom is -0.305 e. The molecule has 0 unspecified atom stereocenters. The molecule has 1 aromatic heterocycles. The number of thiol groups is 1. The summed E-state index contributed by atoms with van der Waals surface area (Å²) in [7, 11) is 0. The first kappa shape index (κ1) is 14.6. The van der Waals surface area contributed by atoms with Crippen LogP contribution < -0.4 is 5.56 Å². The number of hydrogen-bond donors (Lipinski definition) is 1. The summed E-state index contributed by atoms with van der Waals surface area (Å²) in [4.78, 5) is 16.6. The lowest BCUT2D eigenvalue weighted by Crippen LogP contribution is -2.34. The Balaban J connectivity index is 2.03. The molecule has 1 aromatic carbocycles. The van der Waals surface area contributed by atoms with Gasteiger partial charge in [-0.1, -0.05) is 37.8 Å². The van der Waals surface area contributed by atoms with Crippen LogP contribution >= 0.6 is 12.6 Å². The molecular formula is C17H22N2OS. The van der Waals surface area contributed by atoms with Gasteiger partial charge >= 0.3 is 0 Å². The van der Waals surface area contributed by atoms with Crippen molar-refractivity contribution in [3.8, 4) is 0 Å². The molecule has 1 aliphatic rings. The van der Waals surface area contributed by atoms with Gasteiger partial charge < -0.3 is 4.57 Å². The van der Waals surface area contributed by atoms with Gasteiger partial charge in [0.05, 0.1) is 17.2 Å². The average Bonchev–Trinajstić information content (AvgIpc) is 2.76. The summed E-state index contributed by atoms with van der Waals surface area (Å²) < 4.78 is 1.91. The second-order valence-electron chi connectivity index (χ2n) is 6.24. The zero-order valence-corrected chi connectivity index (χ0v) is 13.2. The molecule has 1 fully saturated rings. The highest BCUT2D eigenvalue weighted by molar-refractivity contribution is 7.80. The third-order valence-electron chi connectivity index (χ3n) is 4.75. The third kappa shape index (κ3) is 3.00. The van der Waals surface area contributed by atoms with E-state index < -0.39 is 0 Å². The first-order valence-electron chi connectivity index (χ1n) is 7.80. The fraction of sp³-hybridized carbons (Fsp3) is 0.529. The van der Waals surface area contributed by atoms with Crippen LogP contribution in [0.2, 0.25) is 0 Å². The Kier molecular flexibility index (Phi) is 4.34. The highest BCUT2D eigenvalue weighted by Gasteiger charge is 2.30. The van der Waals surface area contributed by atoms with Crippen molar-refractivity contribution < 1.29 is 0 Å². The summed E-state index contributed by atoms with van der Waals surface area (Å²) in [6.07, 6.45) is 8.89. The first-order chi connectivity index (χ1) is 10.2. The monoisotopic (exact) mass is 302 g/mol. The van der Waals surface area contributed by atoms with E-state index in [4.69, 9.17) is 0 Å². The molecule has 1 heterocycles. The van der Waals surface area contributed by atoms with Gasteiger partial charge in [0.1, 0.15) is 0 Å². The van der Waals surface area contributed by atoms with Gasteiger partial charge in [-0.15, -0.1) is 0 Å².